The third-order valence-corrected chi connectivity index (χ3v) is 9.34. The smallest absolute Gasteiger partial charge is 0.355 e. The van der Waals surface area contributed by atoms with Gasteiger partial charge in [0.05, 0.1) is 34.4 Å². The molecule has 0 aliphatic carbocycles. The number of benzene rings is 1. The number of carbonyl (C=O) groups excluding carboxylic acids is 5. The van der Waals surface area contributed by atoms with Gasteiger partial charge < -0.3 is 35.2 Å². The highest BCUT2D eigenvalue weighted by Gasteiger charge is 2.54. The van der Waals surface area contributed by atoms with Gasteiger partial charge in [0.25, 0.3) is 17.7 Å². The maximum Gasteiger partial charge on any atom is 0.355 e. The molecule has 4 N–H and O–H groups in total. The number of methoxy groups -OCH3 is 1. The number of amides is 4. The molecule has 4 rings (SSSR count). The third kappa shape index (κ3) is 9.88. The summed E-state index contributed by atoms with van der Waals surface area (Å²) in [6.45, 7) is 1.00. The Morgan fingerprint density at radius 2 is 1.96 bits per heavy atom. The third-order valence-electron chi connectivity index (χ3n) is 7.28. The summed E-state index contributed by atoms with van der Waals surface area (Å²) >= 11 is 2.38. The molecule has 2 aliphatic rings. The Hall–Kier alpha value is -4.81. The van der Waals surface area contributed by atoms with Crippen molar-refractivity contribution in [3.63, 3.8) is 0 Å². The molecule has 3 heterocycles. The van der Waals surface area contributed by atoms with Crippen molar-refractivity contribution in [1.29, 1.82) is 0 Å². The fourth-order valence-corrected chi connectivity index (χ4v) is 6.96. The van der Waals surface area contributed by atoms with E-state index in [9.17, 15) is 28.4 Å². The first-order chi connectivity index (χ1) is 23.8. The fourth-order valence-electron chi connectivity index (χ4n) is 4.90. The molecule has 2 aliphatic heterocycles. The van der Waals surface area contributed by atoms with Gasteiger partial charge in [-0.05, 0) is 29.3 Å². The number of halogens is 1. The Bertz CT molecular complexity index is 1690. The van der Waals surface area contributed by atoms with Crippen LogP contribution in [0.25, 0.3) is 0 Å². The standard InChI is InChI=1S/C32H38FN7O8S2/c1-19(41)35-32-36-23(18-50-32)25(38-48-14-6-12-33)28(43)37-26-29(44)39-27(31(45)47-16-20-8-10-22(46-4)11-9-20)21(17-49-30(26)39)7-5-13-40(2,3)15-24(34)42/h5,7-11,18,26,30H,6,12-17H2,1-4H3,(H3-,34,35,36,37,41,42,43)/p+1/b7-5-,38-25?/t26-,30+/m1/s1. The van der Waals surface area contributed by atoms with Crippen LogP contribution < -0.4 is 21.1 Å². The van der Waals surface area contributed by atoms with Crippen molar-refractivity contribution >= 4 is 63.5 Å². The van der Waals surface area contributed by atoms with Crippen molar-refractivity contribution in [1.82, 2.24) is 15.2 Å². The lowest BCUT2D eigenvalue weighted by molar-refractivity contribution is -0.876. The largest absolute Gasteiger partial charge is 0.497 e. The first-order valence-electron chi connectivity index (χ1n) is 15.4. The number of ether oxygens (including phenoxy) is 2. The van der Waals surface area contributed by atoms with Crippen molar-refractivity contribution in [2.45, 2.75) is 31.4 Å². The van der Waals surface area contributed by atoms with E-state index in [-0.39, 0.29) is 58.8 Å². The number of hydrogen-bond donors (Lipinski definition) is 3. The number of nitrogens with one attached hydrogen (secondary N) is 2. The quantitative estimate of drug-likeness (QED) is 0.0539. The minimum Gasteiger partial charge on any atom is -0.497 e. The lowest BCUT2D eigenvalue weighted by Crippen LogP contribution is -2.71. The summed E-state index contributed by atoms with van der Waals surface area (Å²) in [5.41, 5.74) is 6.45. The number of fused-ring (bicyclic) bond motifs is 1. The lowest BCUT2D eigenvalue weighted by atomic mass is 10.0. The molecule has 1 aromatic heterocycles. The molecule has 0 bridgehead atoms. The van der Waals surface area contributed by atoms with Crippen LogP contribution in [0.4, 0.5) is 9.52 Å². The van der Waals surface area contributed by atoms with Gasteiger partial charge in [0.15, 0.2) is 17.4 Å². The number of alkyl halides is 1. The second kappa shape index (κ2) is 17.2. The number of β-lactam (4-membered cyclic amide) rings is 1. The second-order valence-corrected chi connectivity index (χ2v) is 13.8. The fraction of sp³-hybridized carbons (Fsp3) is 0.406. The van der Waals surface area contributed by atoms with Gasteiger partial charge in [0.2, 0.25) is 5.91 Å². The molecule has 50 heavy (non-hydrogen) atoms. The zero-order valence-electron chi connectivity index (χ0n) is 28.0. The summed E-state index contributed by atoms with van der Waals surface area (Å²) < 4.78 is 23.7. The Kier molecular flexibility index (Phi) is 13.1. The molecular formula is C32H39FN7O8S2+. The molecule has 4 amide bonds. The average Bonchev–Trinajstić information content (AvgIpc) is 3.52. The van der Waals surface area contributed by atoms with Crippen molar-refractivity contribution in [2.75, 3.05) is 58.6 Å². The number of thiazole rings is 1. The monoisotopic (exact) mass is 732 g/mol. The van der Waals surface area contributed by atoms with Crippen LogP contribution in [0.3, 0.4) is 0 Å². The molecule has 2 aromatic rings. The normalized spacial score (nSPS) is 17.6. The van der Waals surface area contributed by atoms with Crippen molar-refractivity contribution in [2.24, 2.45) is 10.9 Å². The van der Waals surface area contributed by atoms with E-state index < -0.39 is 41.8 Å². The summed E-state index contributed by atoms with van der Waals surface area (Å²) in [7, 11) is 5.21. The number of thioether (sulfide) groups is 1. The van der Waals surface area contributed by atoms with Crippen LogP contribution >= 0.6 is 23.1 Å². The van der Waals surface area contributed by atoms with Crippen LogP contribution in [-0.4, -0.2) is 114 Å². The van der Waals surface area contributed by atoms with Gasteiger partial charge in [-0.15, -0.1) is 23.1 Å². The van der Waals surface area contributed by atoms with Crippen LogP contribution in [0.2, 0.25) is 0 Å². The van der Waals surface area contributed by atoms with E-state index in [1.165, 1.54) is 29.0 Å². The summed E-state index contributed by atoms with van der Waals surface area (Å²) in [5, 5.41) is 10.1. The Morgan fingerprint density at radius 3 is 2.62 bits per heavy atom. The number of hydrogen-bond acceptors (Lipinski definition) is 12. The number of nitrogens with two attached hydrogens (primary N) is 1. The average molecular weight is 733 g/mol. The van der Waals surface area contributed by atoms with E-state index in [1.54, 1.807) is 43.5 Å². The van der Waals surface area contributed by atoms with Gasteiger partial charge in [-0.25, -0.2) is 9.78 Å². The van der Waals surface area contributed by atoms with E-state index in [0.717, 1.165) is 11.3 Å². The number of anilines is 1. The molecule has 0 spiro atoms. The number of carbonyl (C=O) groups is 5. The second-order valence-electron chi connectivity index (χ2n) is 11.8. The maximum absolute atomic E-state index is 13.7. The van der Waals surface area contributed by atoms with Crippen molar-refractivity contribution in [3.05, 3.63) is 64.3 Å². The van der Waals surface area contributed by atoms with Gasteiger partial charge in [0.1, 0.15) is 41.8 Å². The topological polar surface area (TPSA) is 192 Å². The first kappa shape index (κ1) is 38.0. The number of quaternary nitrogens is 1. The van der Waals surface area contributed by atoms with Crippen LogP contribution in [-0.2, 0) is 40.2 Å². The molecule has 0 saturated carbocycles. The minimum absolute atomic E-state index is 0.0390. The molecule has 1 aromatic carbocycles. The van der Waals surface area contributed by atoms with Crippen LogP contribution in [0.1, 0.15) is 24.6 Å². The van der Waals surface area contributed by atoms with Crippen molar-refractivity contribution < 1.29 is 47.2 Å². The Labute approximate surface area is 296 Å². The number of nitrogens with zero attached hydrogens (tertiary/aromatic N) is 4. The molecule has 0 radical (unpaired) electrons. The van der Waals surface area contributed by atoms with E-state index >= 15 is 0 Å². The summed E-state index contributed by atoms with van der Waals surface area (Å²) in [4.78, 5) is 74.4. The molecular weight excluding hydrogens is 694 g/mol. The highest BCUT2D eigenvalue weighted by Crippen LogP contribution is 2.41. The molecule has 1 fully saturated rings. The van der Waals surface area contributed by atoms with E-state index in [0.29, 0.717) is 29.2 Å². The SMILES string of the molecule is COc1ccc(COC(=O)C2=C(/C=C\C[N+](C)(C)CC(N)=O)CS[C@H]3[C@H](NC(=O)C(=NOCCCF)c4csc(NC(C)=O)n4)C(=O)N23)cc1. The number of esters is 1. The molecule has 1 saturated heterocycles. The molecule has 18 heteroatoms. The number of oxime groups is 1. The van der Waals surface area contributed by atoms with E-state index in [2.05, 4.69) is 20.8 Å². The number of likely N-dealkylation sites (N-methyl/N-ethyl adjacent to an activating group) is 1. The van der Waals surface area contributed by atoms with Gasteiger partial charge in [-0.2, -0.15) is 0 Å². The summed E-state index contributed by atoms with van der Waals surface area (Å²) in [5.74, 6) is -1.96. The van der Waals surface area contributed by atoms with E-state index in [4.69, 9.17) is 20.0 Å². The Balaban J connectivity index is 1.56. The predicted octanol–water partition coefficient (Wildman–Crippen LogP) is 1.71. The predicted molar refractivity (Wildman–Crippen MR) is 185 cm³/mol. The highest BCUT2D eigenvalue weighted by molar-refractivity contribution is 8.00. The summed E-state index contributed by atoms with van der Waals surface area (Å²) in [6.07, 6.45) is 3.57. The minimum atomic E-state index is -1.04. The van der Waals surface area contributed by atoms with Crippen LogP contribution in [0.5, 0.6) is 5.75 Å². The Morgan fingerprint density at radius 1 is 1.22 bits per heavy atom. The molecule has 2 atom stereocenters. The first-order valence-corrected chi connectivity index (χ1v) is 17.3. The van der Waals surface area contributed by atoms with Gasteiger partial charge >= 0.3 is 5.97 Å². The van der Waals surface area contributed by atoms with E-state index in [1.807, 2.05) is 14.1 Å². The lowest BCUT2D eigenvalue weighted by Gasteiger charge is -2.49. The molecule has 15 nitrogen and oxygen atoms in total. The zero-order chi connectivity index (χ0) is 36.4. The van der Waals surface area contributed by atoms with Crippen LogP contribution in [0.15, 0.2) is 58.2 Å². The highest BCUT2D eigenvalue weighted by atomic mass is 32.2. The summed E-state index contributed by atoms with van der Waals surface area (Å²) in [6, 6.07) is 5.93. The number of allylic oxidation sites excluding steroid dienone is 1. The van der Waals surface area contributed by atoms with Gasteiger partial charge in [-0.3, -0.25) is 28.5 Å². The zero-order valence-corrected chi connectivity index (χ0v) is 29.6. The molecule has 0 unspecified atom stereocenters. The van der Waals surface area contributed by atoms with Crippen molar-refractivity contribution in [3.8, 4) is 5.75 Å². The van der Waals surface area contributed by atoms with Crippen LogP contribution in [0, 0.1) is 0 Å². The number of rotatable bonds is 17. The van der Waals surface area contributed by atoms with Gasteiger partial charge in [0, 0.05) is 24.5 Å². The number of aromatic nitrogens is 1. The van der Waals surface area contributed by atoms with Gasteiger partial charge in [-0.1, -0.05) is 23.4 Å². The number of primary amides is 1. The maximum atomic E-state index is 13.7. The molecule has 268 valence electrons.